The third kappa shape index (κ3) is 1.40. The van der Waals surface area contributed by atoms with E-state index in [1.54, 1.807) is 6.20 Å². The van der Waals surface area contributed by atoms with Crippen LogP contribution in [0.3, 0.4) is 0 Å². The molecule has 2 N–H and O–H groups in total. The van der Waals surface area contributed by atoms with Crippen molar-refractivity contribution < 1.29 is 0 Å². The van der Waals surface area contributed by atoms with Gasteiger partial charge in [-0.3, -0.25) is 4.98 Å². The van der Waals surface area contributed by atoms with Gasteiger partial charge in [-0.05, 0) is 30.7 Å². The molecule has 0 saturated carbocycles. The molecule has 13 heavy (non-hydrogen) atoms. The molecule has 0 saturated heterocycles. The molecule has 0 amide bonds. The van der Waals surface area contributed by atoms with E-state index in [0.29, 0.717) is 0 Å². The Kier molecular flexibility index (Phi) is 1.96. The zero-order valence-electron chi connectivity index (χ0n) is 7.21. The minimum atomic E-state index is 0.778. The molecular formula is C10H9BrN2. The first-order valence-electron chi connectivity index (χ1n) is 3.99. The summed E-state index contributed by atoms with van der Waals surface area (Å²) < 4.78 is 1.07. The van der Waals surface area contributed by atoms with Crippen molar-refractivity contribution in [3.05, 3.63) is 34.4 Å². The number of pyridine rings is 1. The highest BCUT2D eigenvalue weighted by Crippen LogP contribution is 2.25. The number of benzene rings is 1. The molecule has 2 nitrogen and oxygen atoms in total. The first-order valence-corrected chi connectivity index (χ1v) is 4.78. The Morgan fingerprint density at radius 2 is 2.15 bits per heavy atom. The maximum atomic E-state index is 5.82. The molecule has 0 bridgehead atoms. The lowest BCUT2D eigenvalue weighted by Crippen LogP contribution is -1.89. The second-order valence-corrected chi connectivity index (χ2v) is 3.87. The highest BCUT2D eigenvalue weighted by Gasteiger charge is 2.01. The van der Waals surface area contributed by atoms with Crippen molar-refractivity contribution in [1.82, 2.24) is 4.98 Å². The van der Waals surface area contributed by atoms with Crippen molar-refractivity contribution in [1.29, 1.82) is 0 Å². The topological polar surface area (TPSA) is 38.9 Å². The second kappa shape index (κ2) is 3.00. The zero-order valence-corrected chi connectivity index (χ0v) is 8.80. The highest BCUT2D eigenvalue weighted by molar-refractivity contribution is 9.10. The number of nitrogens with two attached hydrogens (primary N) is 1. The van der Waals surface area contributed by atoms with E-state index in [9.17, 15) is 0 Å². The molecular weight excluding hydrogens is 228 g/mol. The van der Waals surface area contributed by atoms with E-state index in [1.807, 2.05) is 25.1 Å². The number of nitrogens with zero attached hydrogens (tertiary/aromatic N) is 1. The summed E-state index contributed by atoms with van der Waals surface area (Å²) in [5, 5.41) is 1.02. The van der Waals surface area contributed by atoms with Crippen molar-refractivity contribution in [3.63, 3.8) is 0 Å². The molecule has 0 atom stereocenters. The number of aryl methyl sites for hydroxylation is 1. The molecule has 0 aliphatic heterocycles. The lowest BCUT2D eigenvalue weighted by molar-refractivity contribution is 1.38. The van der Waals surface area contributed by atoms with E-state index < -0.39 is 0 Å². The van der Waals surface area contributed by atoms with E-state index in [2.05, 4.69) is 20.9 Å². The Bertz CT molecular complexity index is 466. The molecule has 2 aromatic rings. The number of rotatable bonds is 0. The van der Waals surface area contributed by atoms with Crippen molar-refractivity contribution in [2.24, 2.45) is 0 Å². The first-order chi connectivity index (χ1) is 6.18. The molecule has 0 aliphatic carbocycles. The Morgan fingerprint density at radius 1 is 1.38 bits per heavy atom. The minimum absolute atomic E-state index is 0.778. The van der Waals surface area contributed by atoms with Crippen LogP contribution in [0.25, 0.3) is 10.9 Å². The van der Waals surface area contributed by atoms with Crippen LogP contribution in [0.5, 0.6) is 0 Å². The van der Waals surface area contributed by atoms with Crippen LogP contribution < -0.4 is 5.73 Å². The summed E-state index contributed by atoms with van der Waals surface area (Å²) in [7, 11) is 0. The smallest absolute Gasteiger partial charge is 0.0734 e. The number of anilines is 1. The van der Waals surface area contributed by atoms with Gasteiger partial charge in [-0.2, -0.15) is 0 Å². The number of halogens is 1. The monoisotopic (exact) mass is 236 g/mol. The molecule has 0 aliphatic rings. The maximum absolute atomic E-state index is 5.82. The molecule has 2 rings (SSSR count). The Morgan fingerprint density at radius 3 is 2.92 bits per heavy atom. The molecule has 0 fully saturated rings. The van der Waals surface area contributed by atoms with Crippen LogP contribution in [0.4, 0.5) is 5.69 Å². The van der Waals surface area contributed by atoms with Gasteiger partial charge >= 0.3 is 0 Å². The summed E-state index contributed by atoms with van der Waals surface area (Å²) in [6.45, 7) is 2.04. The van der Waals surface area contributed by atoms with Crippen LogP contribution in [0.15, 0.2) is 28.9 Å². The summed E-state index contributed by atoms with van der Waals surface area (Å²) in [4.78, 5) is 4.23. The normalized spacial score (nSPS) is 10.6. The zero-order chi connectivity index (χ0) is 9.42. The molecule has 0 radical (unpaired) electrons. The average molecular weight is 237 g/mol. The molecule has 0 spiro atoms. The summed E-state index contributed by atoms with van der Waals surface area (Å²) in [6.07, 6.45) is 1.72. The van der Waals surface area contributed by atoms with Gasteiger partial charge in [0.2, 0.25) is 0 Å². The fourth-order valence-electron chi connectivity index (χ4n) is 1.30. The van der Waals surface area contributed by atoms with Gasteiger partial charge in [0.05, 0.1) is 5.52 Å². The van der Waals surface area contributed by atoms with E-state index in [-0.39, 0.29) is 0 Å². The van der Waals surface area contributed by atoms with Crippen LogP contribution in [0.1, 0.15) is 5.56 Å². The van der Waals surface area contributed by atoms with E-state index in [1.165, 1.54) is 5.56 Å². The molecule has 3 heteroatoms. The third-order valence-corrected chi connectivity index (χ3v) is 2.91. The maximum Gasteiger partial charge on any atom is 0.0734 e. The Balaban J connectivity index is 2.89. The van der Waals surface area contributed by atoms with Gasteiger partial charge in [0.1, 0.15) is 0 Å². The summed E-state index contributed by atoms with van der Waals surface area (Å²) in [6, 6.07) is 5.85. The lowest BCUT2D eigenvalue weighted by Gasteiger charge is -2.03. The Labute approximate surface area is 84.9 Å². The van der Waals surface area contributed by atoms with Gasteiger partial charge < -0.3 is 5.73 Å². The van der Waals surface area contributed by atoms with Crippen molar-refractivity contribution in [2.75, 3.05) is 5.73 Å². The van der Waals surface area contributed by atoms with Gasteiger partial charge in [-0.1, -0.05) is 15.9 Å². The van der Waals surface area contributed by atoms with Crippen LogP contribution in [0, 0.1) is 6.92 Å². The van der Waals surface area contributed by atoms with E-state index in [0.717, 1.165) is 21.1 Å². The fraction of sp³-hybridized carbons (Fsp3) is 0.100. The van der Waals surface area contributed by atoms with Crippen LogP contribution >= 0.6 is 15.9 Å². The summed E-state index contributed by atoms with van der Waals surface area (Å²) in [5.74, 6) is 0. The van der Waals surface area contributed by atoms with Gasteiger partial charge in [-0.15, -0.1) is 0 Å². The SMILES string of the molecule is Cc1cc2c(N)ccnc2cc1Br. The lowest BCUT2D eigenvalue weighted by atomic mass is 10.1. The van der Waals surface area contributed by atoms with E-state index in [4.69, 9.17) is 5.73 Å². The van der Waals surface area contributed by atoms with Gasteiger partial charge in [0.15, 0.2) is 0 Å². The number of aromatic nitrogens is 1. The number of fused-ring (bicyclic) bond motifs is 1. The Hall–Kier alpha value is -1.09. The molecule has 66 valence electrons. The minimum Gasteiger partial charge on any atom is -0.398 e. The molecule has 1 aromatic heterocycles. The number of nitrogen functional groups attached to an aromatic ring is 1. The number of hydrogen-bond acceptors (Lipinski definition) is 2. The van der Waals surface area contributed by atoms with E-state index >= 15 is 0 Å². The largest absolute Gasteiger partial charge is 0.398 e. The standard InChI is InChI=1S/C10H9BrN2/c1-6-4-7-9(12)2-3-13-10(7)5-8(6)11/h2-5H,1H3,(H2,12,13). The third-order valence-electron chi connectivity index (χ3n) is 2.06. The highest BCUT2D eigenvalue weighted by atomic mass is 79.9. The van der Waals surface area contributed by atoms with Crippen molar-refractivity contribution in [3.8, 4) is 0 Å². The quantitative estimate of drug-likeness (QED) is 0.765. The van der Waals surface area contributed by atoms with Crippen LogP contribution in [-0.4, -0.2) is 4.98 Å². The van der Waals surface area contributed by atoms with Gasteiger partial charge in [0, 0.05) is 21.7 Å². The van der Waals surface area contributed by atoms with Crippen LogP contribution in [-0.2, 0) is 0 Å². The molecule has 1 aromatic carbocycles. The summed E-state index contributed by atoms with van der Waals surface area (Å²) in [5.41, 5.74) is 8.70. The predicted octanol–water partition coefficient (Wildman–Crippen LogP) is 2.89. The van der Waals surface area contributed by atoms with Gasteiger partial charge in [0.25, 0.3) is 0 Å². The predicted molar refractivity (Wildman–Crippen MR) is 58.6 cm³/mol. The first kappa shape index (κ1) is 8.51. The van der Waals surface area contributed by atoms with Gasteiger partial charge in [-0.25, -0.2) is 0 Å². The number of hydrogen-bond donors (Lipinski definition) is 1. The van der Waals surface area contributed by atoms with Crippen molar-refractivity contribution >= 4 is 32.5 Å². The molecule has 0 unspecified atom stereocenters. The second-order valence-electron chi connectivity index (χ2n) is 3.02. The average Bonchev–Trinajstić information content (AvgIpc) is 2.09. The van der Waals surface area contributed by atoms with Crippen LogP contribution in [0.2, 0.25) is 0 Å². The summed E-state index contributed by atoms with van der Waals surface area (Å²) >= 11 is 3.46. The van der Waals surface area contributed by atoms with Crippen molar-refractivity contribution in [2.45, 2.75) is 6.92 Å². The molecule has 1 heterocycles. The fourth-order valence-corrected chi connectivity index (χ4v) is 1.63.